The summed E-state index contributed by atoms with van der Waals surface area (Å²) in [5.74, 6) is 1.44. The third-order valence-electron chi connectivity index (χ3n) is 6.23. The molecule has 0 saturated carbocycles. The van der Waals surface area contributed by atoms with Crippen molar-refractivity contribution in [3.05, 3.63) is 77.4 Å². The lowest BCUT2D eigenvalue weighted by atomic mass is 9.97. The standard InChI is InChI=1S/C27H32N4O/c1-19(2)22-12-8-21(9-13-22)17-28-27(32)24-5-4-16-31(18-24)26-15-14-25(29-30-26)23-10-6-20(3)7-11-23/h6-15,19,24H,4-5,16-18H2,1-3H3,(H,28,32). The van der Waals surface area contributed by atoms with E-state index in [0.717, 1.165) is 42.0 Å². The normalized spacial score (nSPS) is 16.2. The monoisotopic (exact) mass is 428 g/mol. The predicted octanol–water partition coefficient (Wildman–Crippen LogP) is 5.11. The first-order valence-electron chi connectivity index (χ1n) is 11.5. The van der Waals surface area contributed by atoms with Gasteiger partial charge in [0, 0.05) is 25.2 Å². The molecule has 1 atom stereocenters. The van der Waals surface area contributed by atoms with Crippen molar-refractivity contribution >= 4 is 11.7 Å². The Morgan fingerprint density at radius 1 is 1.03 bits per heavy atom. The maximum atomic E-state index is 12.8. The largest absolute Gasteiger partial charge is 0.354 e. The molecule has 2 heterocycles. The fourth-order valence-electron chi connectivity index (χ4n) is 4.13. The van der Waals surface area contributed by atoms with Crippen LogP contribution in [0.25, 0.3) is 11.3 Å². The Morgan fingerprint density at radius 3 is 2.44 bits per heavy atom. The molecule has 3 aromatic rings. The van der Waals surface area contributed by atoms with Crippen LogP contribution in [0.1, 0.15) is 49.3 Å². The van der Waals surface area contributed by atoms with Gasteiger partial charge in [0.25, 0.3) is 0 Å². The number of nitrogens with one attached hydrogen (secondary N) is 1. The summed E-state index contributed by atoms with van der Waals surface area (Å²) >= 11 is 0. The predicted molar refractivity (Wildman–Crippen MR) is 130 cm³/mol. The zero-order valence-corrected chi connectivity index (χ0v) is 19.2. The second-order valence-electron chi connectivity index (χ2n) is 9.04. The number of hydrogen-bond donors (Lipinski definition) is 1. The summed E-state index contributed by atoms with van der Waals surface area (Å²) in [7, 11) is 0. The van der Waals surface area contributed by atoms with Gasteiger partial charge in [-0.25, -0.2) is 0 Å². The molecule has 1 saturated heterocycles. The van der Waals surface area contributed by atoms with Crippen molar-refractivity contribution in [2.24, 2.45) is 5.92 Å². The van der Waals surface area contributed by atoms with Gasteiger partial charge in [-0.15, -0.1) is 10.2 Å². The third kappa shape index (κ3) is 5.34. The average Bonchev–Trinajstić information content (AvgIpc) is 2.83. The smallest absolute Gasteiger partial charge is 0.225 e. The first-order chi connectivity index (χ1) is 15.5. The first-order valence-corrected chi connectivity index (χ1v) is 11.5. The lowest BCUT2D eigenvalue weighted by Crippen LogP contribution is -2.43. The summed E-state index contributed by atoms with van der Waals surface area (Å²) in [6.07, 6.45) is 1.88. The highest BCUT2D eigenvalue weighted by molar-refractivity contribution is 5.79. The summed E-state index contributed by atoms with van der Waals surface area (Å²) < 4.78 is 0. The van der Waals surface area contributed by atoms with Crippen molar-refractivity contribution in [1.82, 2.24) is 15.5 Å². The van der Waals surface area contributed by atoms with Crippen molar-refractivity contribution in [1.29, 1.82) is 0 Å². The van der Waals surface area contributed by atoms with E-state index in [9.17, 15) is 4.79 Å². The van der Waals surface area contributed by atoms with Crippen LogP contribution in [-0.2, 0) is 11.3 Å². The SMILES string of the molecule is Cc1ccc(-c2ccc(N3CCCC(C(=O)NCc4ccc(C(C)C)cc4)C3)nn2)cc1. The number of hydrogen-bond acceptors (Lipinski definition) is 4. The van der Waals surface area contributed by atoms with Crippen molar-refractivity contribution < 1.29 is 4.79 Å². The van der Waals surface area contributed by atoms with Crippen LogP contribution in [0, 0.1) is 12.8 Å². The molecule has 0 aliphatic carbocycles. The molecule has 0 radical (unpaired) electrons. The molecule has 166 valence electrons. The van der Waals surface area contributed by atoms with Crippen molar-refractivity contribution in [3.8, 4) is 11.3 Å². The van der Waals surface area contributed by atoms with E-state index in [4.69, 9.17) is 0 Å². The van der Waals surface area contributed by atoms with Gasteiger partial charge in [0.1, 0.15) is 0 Å². The molecule has 1 aliphatic heterocycles. The minimum absolute atomic E-state index is 0.0303. The van der Waals surface area contributed by atoms with E-state index in [0.29, 0.717) is 19.0 Å². The van der Waals surface area contributed by atoms with Gasteiger partial charge in [0.05, 0.1) is 11.6 Å². The van der Waals surface area contributed by atoms with E-state index < -0.39 is 0 Å². The van der Waals surface area contributed by atoms with Gasteiger partial charge < -0.3 is 10.2 Å². The zero-order valence-electron chi connectivity index (χ0n) is 19.2. The van der Waals surface area contributed by atoms with Crippen LogP contribution >= 0.6 is 0 Å². The molecule has 5 heteroatoms. The summed E-state index contributed by atoms with van der Waals surface area (Å²) in [5.41, 5.74) is 5.60. The molecule has 0 spiro atoms. The summed E-state index contributed by atoms with van der Waals surface area (Å²) in [6, 6.07) is 20.8. The number of rotatable bonds is 6. The van der Waals surface area contributed by atoms with Gasteiger partial charge >= 0.3 is 0 Å². The number of carbonyl (C=O) groups excluding carboxylic acids is 1. The quantitative estimate of drug-likeness (QED) is 0.593. The van der Waals surface area contributed by atoms with Crippen molar-refractivity contribution in [2.45, 2.75) is 46.1 Å². The number of benzene rings is 2. The highest BCUT2D eigenvalue weighted by Crippen LogP contribution is 2.24. The molecule has 32 heavy (non-hydrogen) atoms. The first kappa shape index (κ1) is 22.0. The summed E-state index contributed by atoms with van der Waals surface area (Å²) in [4.78, 5) is 15.0. The Bertz CT molecular complexity index is 1030. The molecule has 1 fully saturated rings. The van der Waals surface area contributed by atoms with Gasteiger partial charge in [-0.3, -0.25) is 4.79 Å². The summed E-state index contributed by atoms with van der Waals surface area (Å²) in [6.45, 7) is 8.59. The van der Waals surface area contributed by atoms with Gasteiger partial charge in [-0.05, 0) is 48.9 Å². The molecule has 2 aromatic carbocycles. The third-order valence-corrected chi connectivity index (χ3v) is 6.23. The average molecular weight is 429 g/mol. The fraction of sp³-hybridized carbons (Fsp3) is 0.370. The number of anilines is 1. The maximum Gasteiger partial charge on any atom is 0.225 e. The molecule has 1 amide bonds. The second-order valence-corrected chi connectivity index (χ2v) is 9.04. The zero-order chi connectivity index (χ0) is 22.5. The van der Waals surface area contributed by atoms with E-state index in [-0.39, 0.29) is 11.8 Å². The van der Waals surface area contributed by atoms with Crippen LogP contribution in [0.15, 0.2) is 60.7 Å². The van der Waals surface area contributed by atoms with E-state index in [1.165, 1.54) is 11.1 Å². The minimum atomic E-state index is -0.0303. The van der Waals surface area contributed by atoms with Gasteiger partial charge in [-0.1, -0.05) is 67.9 Å². The minimum Gasteiger partial charge on any atom is -0.354 e. The van der Waals surface area contributed by atoms with Crippen LogP contribution in [0.2, 0.25) is 0 Å². The molecule has 1 N–H and O–H groups in total. The van der Waals surface area contributed by atoms with Gasteiger partial charge in [0.2, 0.25) is 5.91 Å². The van der Waals surface area contributed by atoms with Gasteiger partial charge in [-0.2, -0.15) is 0 Å². The molecule has 1 aromatic heterocycles. The Balaban J connectivity index is 1.34. The Hall–Kier alpha value is -3.21. The number of carbonyl (C=O) groups is 1. The van der Waals surface area contributed by atoms with Gasteiger partial charge in [0.15, 0.2) is 5.82 Å². The van der Waals surface area contributed by atoms with Crippen LogP contribution < -0.4 is 10.2 Å². The molecule has 1 aliphatic rings. The van der Waals surface area contributed by atoms with Crippen LogP contribution in [0.3, 0.4) is 0 Å². The maximum absolute atomic E-state index is 12.8. The van der Waals surface area contributed by atoms with Crippen LogP contribution in [-0.4, -0.2) is 29.2 Å². The Morgan fingerprint density at radius 2 is 1.78 bits per heavy atom. The van der Waals surface area contributed by atoms with E-state index in [2.05, 4.69) is 89.7 Å². The molecular weight excluding hydrogens is 396 g/mol. The number of amides is 1. The molecule has 5 nitrogen and oxygen atoms in total. The van der Waals surface area contributed by atoms with Crippen LogP contribution in [0.5, 0.6) is 0 Å². The van der Waals surface area contributed by atoms with E-state index in [1.807, 2.05) is 12.1 Å². The lowest BCUT2D eigenvalue weighted by molar-refractivity contribution is -0.125. The Kier molecular flexibility index (Phi) is 6.84. The number of nitrogens with zero attached hydrogens (tertiary/aromatic N) is 3. The highest BCUT2D eigenvalue weighted by atomic mass is 16.1. The van der Waals surface area contributed by atoms with Crippen molar-refractivity contribution in [2.75, 3.05) is 18.0 Å². The van der Waals surface area contributed by atoms with Crippen molar-refractivity contribution in [3.63, 3.8) is 0 Å². The molecular formula is C27H32N4O. The highest BCUT2D eigenvalue weighted by Gasteiger charge is 2.26. The van der Waals surface area contributed by atoms with E-state index >= 15 is 0 Å². The number of aromatic nitrogens is 2. The lowest BCUT2D eigenvalue weighted by Gasteiger charge is -2.32. The summed E-state index contributed by atoms with van der Waals surface area (Å²) in [5, 5.41) is 12.0. The Labute approximate surface area is 190 Å². The fourth-order valence-corrected chi connectivity index (χ4v) is 4.13. The second kappa shape index (κ2) is 9.94. The van der Waals surface area contributed by atoms with Crippen LogP contribution in [0.4, 0.5) is 5.82 Å². The molecule has 4 rings (SSSR count). The number of aryl methyl sites for hydroxylation is 1. The molecule has 0 bridgehead atoms. The molecule has 1 unspecified atom stereocenters. The topological polar surface area (TPSA) is 58.1 Å². The number of piperidine rings is 1. The van der Waals surface area contributed by atoms with E-state index in [1.54, 1.807) is 0 Å².